The van der Waals surface area contributed by atoms with Gasteiger partial charge in [-0.05, 0) is 73.9 Å². The number of hydrogen-bond donors (Lipinski definition) is 1. The van der Waals surface area contributed by atoms with Crippen LogP contribution >= 0.6 is 0 Å². The lowest BCUT2D eigenvalue weighted by Crippen LogP contribution is -2.24. The Labute approximate surface area is 178 Å². The molecule has 0 saturated heterocycles. The van der Waals surface area contributed by atoms with Crippen molar-refractivity contribution in [2.75, 3.05) is 11.9 Å². The average molecular weight is 410 g/mol. The molecule has 0 bridgehead atoms. The molecule has 2 aromatic carbocycles. The first-order valence-corrected chi connectivity index (χ1v) is 10.9. The van der Waals surface area contributed by atoms with Gasteiger partial charge in [0.2, 0.25) is 0 Å². The van der Waals surface area contributed by atoms with Crippen LogP contribution in [0.4, 0.5) is 5.69 Å². The van der Waals surface area contributed by atoms with Crippen LogP contribution in [-0.4, -0.2) is 24.6 Å². The fourth-order valence-electron chi connectivity index (χ4n) is 3.84. The molecule has 1 aliphatic carbocycles. The molecule has 0 spiro atoms. The molecule has 1 N–H and O–H groups in total. The number of hydrogen-bond acceptors (Lipinski definition) is 4. The van der Waals surface area contributed by atoms with Gasteiger partial charge < -0.3 is 14.8 Å². The zero-order valence-electron chi connectivity index (χ0n) is 17.9. The van der Waals surface area contributed by atoms with E-state index in [-0.39, 0.29) is 24.6 Å². The standard InChI is InChI=1S/C25H31NO4/c1-3-18-9-8-10-19(4-2)24(18)26-25(28)20-13-15-21(16-14-20)29-17-23(27)30-22-11-6-5-7-12-22/h8-10,13-16,22H,3-7,11-12,17H2,1-2H3,(H,26,28). The first kappa shape index (κ1) is 21.9. The predicted molar refractivity (Wildman–Crippen MR) is 118 cm³/mol. The molecule has 5 heteroatoms. The number of esters is 1. The molecule has 1 saturated carbocycles. The maximum absolute atomic E-state index is 12.7. The molecule has 1 amide bonds. The van der Waals surface area contributed by atoms with E-state index in [0.29, 0.717) is 11.3 Å². The van der Waals surface area contributed by atoms with Crippen LogP contribution in [0.15, 0.2) is 42.5 Å². The lowest BCUT2D eigenvalue weighted by molar-refractivity contribution is -0.152. The molecule has 1 aliphatic rings. The molecule has 2 aromatic rings. The zero-order chi connectivity index (χ0) is 21.3. The normalized spacial score (nSPS) is 14.2. The van der Waals surface area contributed by atoms with Gasteiger partial charge in [-0.2, -0.15) is 0 Å². The van der Waals surface area contributed by atoms with Gasteiger partial charge in [0.15, 0.2) is 6.61 Å². The van der Waals surface area contributed by atoms with Crippen molar-refractivity contribution in [1.82, 2.24) is 0 Å². The topological polar surface area (TPSA) is 64.6 Å². The van der Waals surface area contributed by atoms with Crippen LogP contribution in [0.2, 0.25) is 0 Å². The number of para-hydroxylation sites is 1. The Morgan fingerprint density at radius 1 is 0.933 bits per heavy atom. The highest BCUT2D eigenvalue weighted by atomic mass is 16.6. The van der Waals surface area contributed by atoms with E-state index in [0.717, 1.165) is 55.3 Å². The first-order valence-electron chi connectivity index (χ1n) is 10.9. The number of nitrogens with one attached hydrogen (secondary N) is 1. The van der Waals surface area contributed by atoms with Gasteiger partial charge >= 0.3 is 5.97 Å². The van der Waals surface area contributed by atoms with E-state index in [2.05, 4.69) is 19.2 Å². The van der Waals surface area contributed by atoms with Crippen molar-refractivity contribution >= 4 is 17.6 Å². The van der Waals surface area contributed by atoms with Crippen LogP contribution < -0.4 is 10.1 Å². The summed E-state index contributed by atoms with van der Waals surface area (Å²) < 4.78 is 11.0. The maximum Gasteiger partial charge on any atom is 0.344 e. The number of carbonyl (C=O) groups is 2. The molecule has 160 valence electrons. The van der Waals surface area contributed by atoms with Gasteiger partial charge in [-0.25, -0.2) is 4.79 Å². The summed E-state index contributed by atoms with van der Waals surface area (Å²) in [4.78, 5) is 24.7. The largest absolute Gasteiger partial charge is 0.482 e. The molecule has 0 aliphatic heterocycles. The zero-order valence-corrected chi connectivity index (χ0v) is 17.9. The Kier molecular flexibility index (Phi) is 7.89. The van der Waals surface area contributed by atoms with Gasteiger partial charge in [0.05, 0.1) is 0 Å². The number of rotatable bonds is 8. The summed E-state index contributed by atoms with van der Waals surface area (Å²) in [5, 5.41) is 3.06. The van der Waals surface area contributed by atoms with Gasteiger partial charge in [0.1, 0.15) is 11.9 Å². The summed E-state index contributed by atoms with van der Waals surface area (Å²) in [6.45, 7) is 4.04. The van der Waals surface area contributed by atoms with Crippen LogP contribution in [0.3, 0.4) is 0 Å². The predicted octanol–water partition coefficient (Wildman–Crippen LogP) is 5.32. The summed E-state index contributed by atoms with van der Waals surface area (Å²) in [6, 6.07) is 12.9. The Bertz CT molecular complexity index is 832. The molecule has 3 rings (SSSR count). The summed E-state index contributed by atoms with van der Waals surface area (Å²) in [7, 11) is 0. The van der Waals surface area contributed by atoms with Crippen molar-refractivity contribution < 1.29 is 19.1 Å². The van der Waals surface area contributed by atoms with Crippen LogP contribution in [-0.2, 0) is 22.4 Å². The fraction of sp³-hybridized carbons (Fsp3) is 0.440. The van der Waals surface area contributed by atoms with E-state index in [1.807, 2.05) is 18.2 Å². The van der Waals surface area contributed by atoms with Crippen molar-refractivity contribution in [3.8, 4) is 5.75 Å². The molecule has 5 nitrogen and oxygen atoms in total. The third-order valence-corrected chi connectivity index (χ3v) is 5.56. The minimum absolute atomic E-state index is 0.0277. The smallest absolute Gasteiger partial charge is 0.344 e. The monoisotopic (exact) mass is 409 g/mol. The maximum atomic E-state index is 12.7. The second kappa shape index (κ2) is 10.8. The third kappa shape index (κ3) is 5.85. The van der Waals surface area contributed by atoms with E-state index in [9.17, 15) is 9.59 Å². The molecule has 0 unspecified atom stereocenters. The average Bonchev–Trinajstić information content (AvgIpc) is 2.78. The molecule has 0 aromatic heterocycles. The quantitative estimate of drug-likeness (QED) is 0.600. The van der Waals surface area contributed by atoms with Gasteiger partial charge in [0, 0.05) is 11.3 Å². The van der Waals surface area contributed by atoms with Crippen molar-refractivity contribution in [3.63, 3.8) is 0 Å². The highest BCUT2D eigenvalue weighted by Gasteiger charge is 2.18. The molecule has 0 heterocycles. The minimum Gasteiger partial charge on any atom is -0.482 e. The molecule has 0 radical (unpaired) electrons. The Morgan fingerprint density at radius 3 is 2.17 bits per heavy atom. The second-order valence-corrected chi connectivity index (χ2v) is 7.68. The van der Waals surface area contributed by atoms with Crippen LogP contribution in [0.25, 0.3) is 0 Å². The van der Waals surface area contributed by atoms with Gasteiger partial charge in [-0.1, -0.05) is 38.5 Å². The molecule has 0 atom stereocenters. The second-order valence-electron chi connectivity index (χ2n) is 7.68. The third-order valence-electron chi connectivity index (χ3n) is 5.56. The van der Waals surface area contributed by atoms with E-state index in [1.165, 1.54) is 6.42 Å². The highest BCUT2D eigenvalue weighted by Crippen LogP contribution is 2.24. The fourth-order valence-corrected chi connectivity index (χ4v) is 3.84. The Balaban J connectivity index is 1.55. The highest BCUT2D eigenvalue weighted by molar-refractivity contribution is 6.05. The molecule has 30 heavy (non-hydrogen) atoms. The van der Waals surface area contributed by atoms with E-state index < -0.39 is 0 Å². The van der Waals surface area contributed by atoms with Crippen molar-refractivity contribution in [2.45, 2.75) is 64.9 Å². The Morgan fingerprint density at radius 2 is 1.57 bits per heavy atom. The van der Waals surface area contributed by atoms with Gasteiger partial charge in [-0.3, -0.25) is 4.79 Å². The molecular formula is C25H31NO4. The van der Waals surface area contributed by atoms with Gasteiger partial charge in [-0.15, -0.1) is 0 Å². The summed E-state index contributed by atoms with van der Waals surface area (Å²) in [6.07, 6.45) is 7.07. The SMILES string of the molecule is CCc1cccc(CC)c1NC(=O)c1ccc(OCC(=O)OC2CCCCC2)cc1. The number of benzene rings is 2. The number of carbonyl (C=O) groups excluding carboxylic acids is 2. The number of amides is 1. The number of ether oxygens (including phenoxy) is 2. The van der Waals surface area contributed by atoms with Crippen molar-refractivity contribution in [3.05, 3.63) is 59.2 Å². The van der Waals surface area contributed by atoms with Crippen LogP contribution in [0.5, 0.6) is 5.75 Å². The summed E-state index contributed by atoms with van der Waals surface area (Å²) >= 11 is 0. The van der Waals surface area contributed by atoms with E-state index in [1.54, 1.807) is 24.3 Å². The van der Waals surface area contributed by atoms with E-state index in [4.69, 9.17) is 9.47 Å². The minimum atomic E-state index is -0.341. The summed E-state index contributed by atoms with van der Waals surface area (Å²) in [5.74, 6) is 0.0381. The lowest BCUT2D eigenvalue weighted by Gasteiger charge is -2.21. The first-order chi connectivity index (χ1) is 14.6. The Hall–Kier alpha value is -2.82. The van der Waals surface area contributed by atoms with E-state index >= 15 is 0 Å². The summed E-state index contributed by atoms with van der Waals surface area (Å²) in [5.41, 5.74) is 3.69. The number of anilines is 1. The lowest BCUT2D eigenvalue weighted by atomic mass is 9.98. The number of aryl methyl sites for hydroxylation is 2. The van der Waals surface area contributed by atoms with Crippen molar-refractivity contribution in [2.24, 2.45) is 0 Å². The van der Waals surface area contributed by atoms with Gasteiger partial charge in [0.25, 0.3) is 5.91 Å². The van der Waals surface area contributed by atoms with Crippen molar-refractivity contribution in [1.29, 1.82) is 0 Å². The molecule has 1 fully saturated rings. The van der Waals surface area contributed by atoms with Crippen LogP contribution in [0.1, 0.15) is 67.4 Å². The molecular weight excluding hydrogens is 378 g/mol. The van der Waals surface area contributed by atoms with Crippen LogP contribution in [0, 0.1) is 0 Å².